The van der Waals surface area contributed by atoms with Crippen LogP contribution in [0.2, 0.25) is 0 Å². The van der Waals surface area contributed by atoms with Crippen molar-refractivity contribution < 1.29 is 24.2 Å². The first-order valence-electron chi connectivity index (χ1n) is 8.49. The predicted molar refractivity (Wildman–Crippen MR) is 107 cm³/mol. The van der Waals surface area contributed by atoms with Gasteiger partial charge < -0.3 is 14.6 Å². The lowest BCUT2D eigenvalue weighted by molar-refractivity contribution is 0.0694. The molecule has 29 heavy (non-hydrogen) atoms. The number of anilines is 1. The fourth-order valence-corrected chi connectivity index (χ4v) is 2.36. The van der Waals surface area contributed by atoms with Gasteiger partial charge in [0.05, 0.1) is 30.1 Å². The number of pyridine rings is 1. The number of carbonyl (C=O) groups excluding carboxylic acids is 1. The summed E-state index contributed by atoms with van der Waals surface area (Å²) in [5.74, 6) is -0.846. The lowest BCUT2D eigenvalue weighted by Gasteiger charge is -2.10. The first-order chi connectivity index (χ1) is 14.1. The molecule has 3 aromatic rings. The summed E-state index contributed by atoms with van der Waals surface area (Å²) in [4.78, 5) is 26.9. The van der Waals surface area contributed by atoms with E-state index in [0.717, 1.165) is 0 Å². The lowest BCUT2D eigenvalue weighted by Crippen LogP contribution is -2.09. The average molecular weight is 391 g/mol. The maximum atomic E-state index is 12.2. The number of hydrazone groups is 1. The van der Waals surface area contributed by atoms with E-state index < -0.39 is 11.9 Å². The molecule has 0 aliphatic rings. The summed E-state index contributed by atoms with van der Waals surface area (Å²) in [5.41, 5.74) is 4.73. The van der Waals surface area contributed by atoms with E-state index in [2.05, 4.69) is 15.5 Å². The number of hydrogen-bond acceptors (Lipinski definition) is 7. The number of ether oxygens (including phenoxy) is 2. The van der Waals surface area contributed by atoms with Gasteiger partial charge in [0.25, 0.3) is 0 Å². The van der Waals surface area contributed by atoms with Gasteiger partial charge in [0, 0.05) is 12.4 Å². The zero-order valence-electron chi connectivity index (χ0n) is 15.4. The van der Waals surface area contributed by atoms with Crippen molar-refractivity contribution >= 4 is 23.8 Å². The molecule has 146 valence electrons. The van der Waals surface area contributed by atoms with E-state index in [-0.39, 0.29) is 11.3 Å². The molecule has 0 aliphatic heterocycles. The molecule has 2 N–H and O–H groups in total. The predicted octanol–water partition coefficient (Wildman–Crippen LogP) is 3.45. The van der Waals surface area contributed by atoms with Crippen molar-refractivity contribution in [1.82, 2.24) is 4.98 Å². The fraction of sp³-hybridized carbons (Fsp3) is 0.0476. The van der Waals surface area contributed by atoms with Crippen LogP contribution in [0.15, 0.2) is 72.1 Å². The Labute approximate surface area is 166 Å². The fourth-order valence-electron chi connectivity index (χ4n) is 2.36. The summed E-state index contributed by atoms with van der Waals surface area (Å²) >= 11 is 0. The van der Waals surface area contributed by atoms with Gasteiger partial charge in [-0.25, -0.2) is 9.59 Å². The number of hydrogen-bond donors (Lipinski definition) is 2. The molecule has 0 atom stereocenters. The van der Waals surface area contributed by atoms with Gasteiger partial charge in [0.2, 0.25) is 0 Å². The summed E-state index contributed by atoms with van der Waals surface area (Å²) in [7, 11) is 1.47. The monoisotopic (exact) mass is 391 g/mol. The highest BCUT2D eigenvalue weighted by Crippen LogP contribution is 2.28. The van der Waals surface area contributed by atoms with Crippen LogP contribution in [-0.4, -0.2) is 35.4 Å². The van der Waals surface area contributed by atoms with Gasteiger partial charge in [-0.15, -0.1) is 0 Å². The second kappa shape index (κ2) is 9.14. The van der Waals surface area contributed by atoms with Crippen LogP contribution >= 0.6 is 0 Å². The highest BCUT2D eigenvalue weighted by molar-refractivity contribution is 5.91. The molecule has 8 nitrogen and oxygen atoms in total. The number of nitrogens with one attached hydrogen (secondary N) is 1. The molecule has 0 amide bonds. The Morgan fingerprint density at radius 1 is 1.00 bits per heavy atom. The number of aromatic nitrogens is 1. The number of benzene rings is 2. The first-order valence-corrected chi connectivity index (χ1v) is 8.49. The number of rotatable bonds is 7. The molecule has 1 aromatic heterocycles. The average Bonchev–Trinajstić information content (AvgIpc) is 2.75. The van der Waals surface area contributed by atoms with Gasteiger partial charge in [-0.3, -0.25) is 10.4 Å². The summed E-state index contributed by atoms with van der Waals surface area (Å²) in [5, 5.41) is 13.0. The van der Waals surface area contributed by atoms with Crippen LogP contribution in [0.3, 0.4) is 0 Å². The summed E-state index contributed by atoms with van der Waals surface area (Å²) in [6.07, 6.45) is 4.58. The third kappa shape index (κ3) is 5.16. The topological polar surface area (TPSA) is 110 Å². The molecule has 0 fully saturated rings. The maximum Gasteiger partial charge on any atom is 0.343 e. The normalized spacial score (nSPS) is 10.5. The quantitative estimate of drug-likeness (QED) is 0.275. The van der Waals surface area contributed by atoms with E-state index in [9.17, 15) is 9.59 Å². The molecular formula is C21H17N3O5. The van der Waals surface area contributed by atoms with Gasteiger partial charge in [0.1, 0.15) is 0 Å². The van der Waals surface area contributed by atoms with Crippen LogP contribution in [0.5, 0.6) is 11.5 Å². The molecule has 0 saturated heterocycles. The van der Waals surface area contributed by atoms with E-state index in [1.165, 1.54) is 31.6 Å². The Bertz CT molecular complexity index is 1030. The highest BCUT2D eigenvalue weighted by Gasteiger charge is 2.12. The summed E-state index contributed by atoms with van der Waals surface area (Å²) in [6.45, 7) is 0. The third-order valence-corrected chi connectivity index (χ3v) is 3.85. The van der Waals surface area contributed by atoms with Crippen LogP contribution in [0.25, 0.3) is 0 Å². The molecule has 0 saturated carbocycles. The van der Waals surface area contributed by atoms with Gasteiger partial charge >= 0.3 is 11.9 Å². The summed E-state index contributed by atoms with van der Waals surface area (Å²) < 4.78 is 10.7. The van der Waals surface area contributed by atoms with Crippen molar-refractivity contribution in [3.63, 3.8) is 0 Å². The van der Waals surface area contributed by atoms with Gasteiger partial charge in [-0.2, -0.15) is 5.10 Å². The standard InChI is InChI=1S/C21H17N3O5/c1-28-19-12-14(13-23-24-17-5-3-15(4-6-17)20(25)26)2-7-18(19)29-21(27)16-8-10-22-11-9-16/h2-13,24H,1H3,(H,25,26)/b23-13-. The van der Waals surface area contributed by atoms with E-state index in [4.69, 9.17) is 14.6 Å². The smallest absolute Gasteiger partial charge is 0.343 e. The first kappa shape index (κ1) is 19.6. The third-order valence-electron chi connectivity index (χ3n) is 3.85. The number of esters is 1. The van der Waals surface area contributed by atoms with Crippen molar-refractivity contribution in [2.45, 2.75) is 0 Å². The number of methoxy groups -OCH3 is 1. The van der Waals surface area contributed by atoms with Gasteiger partial charge in [-0.1, -0.05) is 0 Å². The number of carbonyl (C=O) groups is 2. The Morgan fingerprint density at radius 3 is 2.38 bits per heavy atom. The molecule has 1 heterocycles. The Morgan fingerprint density at radius 2 is 1.72 bits per heavy atom. The largest absolute Gasteiger partial charge is 0.493 e. The van der Waals surface area contributed by atoms with Crippen LogP contribution in [0, 0.1) is 0 Å². The number of carboxylic acids is 1. The minimum absolute atomic E-state index is 0.196. The minimum Gasteiger partial charge on any atom is -0.493 e. The number of aromatic carboxylic acids is 1. The molecule has 0 bridgehead atoms. The van der Waals surface area contributed by atoms with Crippen LogP contribution in [-0.2, 0) is 0 Å². The van der Waals surface area contributed by atoms with Gasteiger partial charge in [0.15, 0.2) is 11.5 Å². The van der Waals surface area contributed by atoms with Crippen molar-refractivity contribution in [1.29, 1.82) is 0 Å². The Hall–Kier alpha value is -4.20. The van der Waals surface area contributed by atoms with Crippen molar-refractivity contribution in [3.8, 4) is 11.5 Å². The Kier molecular flexibility index (Phi) is 6.16. The zero-order chi connectivity index (χ0) is 20.6. The van der Waals surface area contributed by atoms with Crippen molar-refractivity contribution in [2.75, 3.05) is 12.5 Å². The zero-order valence-corrected chi connectivity index (χ0v) is 15.4. The van der Waals surface area contributed by atoms with Gasteiger partial charge in [-0.05, 0) is 60.2 Å². The van der Waals surface area contributed by atoms with E-state index in [1.54, 1.807) is 48.7 Å². The van der Waals surface area contributed by atoms with Crippen LogP contribution in [0.4, 0.5) is 5.69 Å². The second-order valence-electron chi connectivity index (χ2n) is 5.79. The lowest BCUT2D eigenvalue weighted by atomic mass is 10.2. The molecule has 3 rings (SSSR count). The number of nitrogens with zero attached hydrogens (tertiary/aromatic N) is 2. The van der Waals surface area contributed by atoms with E-state index in [0.29, 0.717) is 22.6 Å². The van der Waals surface area contributed by atoms with E-state index >= 15 is 0 Å². The van der Waals surface area contributed by atoms with E-state index in [1.807, 2.05) is 0 Å². The summed E-state index contributed by atoms with van der Waals surface area (Å²) in [6, 6.07) is 14.3. The van der Waals surface area contributed by atoms with Crippen molar-refractivity contribution in [2.24, 2.45) is 5.10 Å². The number of carboxylic acid groups (broad SMARTS) is 1. The van der Waals surface area contributed by atoms with Crippen molar-refractivity contribution in [3.05, 3.63) is 83.7 Å². The molecule has 2 aromatic carbocycles. The molecule has 8 heteroatoms. The molecule has 0 radical (unpaired) electrons. The SMILES string of the molecule is COc1cc(/C=N\Nc2ccc(C(=O)O)cc2)ccc1OC(=O)c1ccncc1. The highest BCUT2D eigenvalue weighted by atomic mass is 16.6. The molecular weight excluding hydrogens is 374 g/mol. The Balaban J connectivity index is 1.67. The molecule has 0 aliphatic carbocycles. The minimum atomic E-state index is -0.989. The molecule has 0 unspecified atom stereocenters. The molecule has 0 spiro atoms. The van der Waals surface area contributed by atoms with Crippen LogP contribution in [0.1, 0.15) is 26.3 Å². The maximum absolute atomic E-state index is 12.2. The second-order valence-corrected chi connectivity index (χ2v) is 5.79. The van der Waals surface area contributed by atoms with Crippen LogP contribution < -0.4 is 14.9 Å².